The molecule has 2 nitrogen and oxygen atoms in total. The molecule has 0 radical (unpaired) electrons. The van der Waals surface area contributed by atoms with Gasteiger partial charge in [-0.3, -0.25) is 0 Å². The van der Waals surface area contributed by atoms with Crippen molar-refractivity contribution in [2.75, 3.05) is 14.2 Å². The van der Waals surface area contributed by atoms with Crippen LogP contribution in [-0.4, -0.2) is 14.2 Å². The van der Waals surface area contributed by atoms with E-state index in [1.165, 1.54) is 31.2 Å². The molecular formula is C14H23NO. The van der Waals surface area contributed by atoms with Crippen molar-refractivity contribution < 1.29 is 4.74 Å². The van der Waals surface area contributed by atoms with Gasteiger partial charge in [-0.25, -0.2) is 0 Å². The van der Waals surface area contributed by atoms with E-state index in [-0.39, 0.29) is 0 Å². The summed E-state index contributed by atoms with van der Waals surface area (Å²) in [6, 6.07) is 8.81. The molecule has 0 fully saturated rings. The molecule has 0 spiro atoms. The van der Waals surface area contributed by atoms with E-state index in [0.717, 1.165) is 5.75 Å². The average molecular weight is 221 g/mol. The summed E-state index contributed by atoms with van der Waals surface area (Å²) in [6.45, 7) is 2.24. The van der Waals surface area contributed by atoms with Gasteiger partial charge in [0, 0.05) is 6.04 Å². The highest BCUT2D eigenvalue weighted by Crippen LogP contribution is 2.21. The van der Waals surface area contributed by atoms with Crippen LogP contribution in [0.3, 0.4) is 0 Å². The van der Waals surface area contributed by atoms with Crippen LogP contribution >= 0.6 is 0 Å². The quantitative estimate of drug-likeness (QED) is 0.711. The predicted octanol–water partition coefficient (Wildman–Crippen LogP) is 3.54. The highest BCUT2D eigenvalue weighted by Gasteiger charge is 2.08. The van der Waals surface area contributed by atoms with Crippen LogP contribution in [0.4, 0.5) is 0 Å². The first-order valence-corrected chi connectivity index (χ1v) is 6.13. The van der Waals surface area contributed by atoms with Crippen molar-refractivity contribution in [2.24, 2.45) is 0 Å². The van der Waals surface area contributed by atoms with Crippen molar-refractivity contribution in [1.82, 2.24) is 5.32 Å². The van der Waals surface area contributed by atoms with Crippen LogP contribution in [0.5, 0.6) is 5.75 Å². The van der Waals surface area contributed by atoms with Crippen LogP contribution in [0.25, 0.3) is 0 Å². The lowest BCUT2D eigenvalue weighted by Gasteiger charge is -2.16. The maximum absolute atomic E-state index is 5.16. The van der Waals surface area contributed by atoms with E-state index >= 15 is 0 Å². The second-order valence-corrected chi connectivity index (χ2v) is 4.11. The fourth-order valence-corrected chi connectivity index (χ4v) is 1.91. The normalized spacial score (nSPS) is 12.4. The lowest BCUT2D eigenvalue weighted by Crippen LogP contribution is -2.16. The molecule has 0 aromatic heterocycles. The molecule has 0 aliphatic carbocycles. The van der Waals surface area contributed by atoms with Crippen LogP contribution in [0.2, 0.25) is 0 Å². The molecule has 0 heterocycles. The standard InChI is InChI=1S/C14H23NO/c1-4-5-6-7-14(15-2)12-8-10-13(16-3)11-9-12/h8-11,14-15H,4-7H2,1-3H3. The highest BCUT2D eigenvalue weighted by atomic mass is 16.5. The van der Waals surface area contributed by atoms with E-state index in [1.54, 1.807) is 7.11 Å². The van der Waals surface area contributed by atoms with Gasteiger partial charge in [0.2, 0.25) is 0 Å². The Kier molecular flexibility index (Phi) is 5.94. The molecule has 90 valence electrons. The zero-order valence-corrected chi connectivity index (χ0v) is 10.6. The van der Waals surface area contributed by atoms with Gasteiger partial charge in [0.05, 0.1) is 7.11 Å². The zero-order chi connectivity index (χ0) is 11.8. The zero-order valence-electron chi connectivity index (χ0n) is 10.6. The van der Waals surface area contributed by atoms with E-state index in [0.29, 0.717) is 6.04 Å². The third-order valence-corrected chi connectivity index (χ3v) is 2.96. The minimum absolute atomic E-state index is 0.470. The van der Waals surface area contributed by atoms with Crippen LogP contribution < -0.4 is 10.1 Å². The summed E-state index contributed by atoms with van der Waals surface area (Å²) in [6.07, 6.45) is 5.08. The number of hydrogen-bond donors (Lipinski definition) is 1. The molecule has 1 N–H and O–H groups in total. The predicted molar refractivity (Wildman–Crippen MR) is 68.9 cm³/mol. The number of methoxy groups -OCH3 is 1. The maximum Gasteiger partial charge on any atom is 0.118 e. The largest absolute Gasteiger partial charge is 0.497 e. The first-order chi connectivity index (χ1) is 7.81. The number of nitrogens with one attached hydrogen (secondary N) is 1. The summed E-state index contributed by atoms with van der Waals surface area (Å²) < 4.78 is 5.16. The van der Waals surface area contributed by atoms with Crippen molar-refractivity contribution >= 4 is 0 Å². The van der Waals surface area contributed by atoms with Crippen molar-refractivity contribution in [3.63, 3.8) is 0 Å². The minimum Gasteiger partial charge on any atom is -0.497 e. The average Bonchev–Trinajstić information content (AvgIpc) is 2.35. The van der Waals surface area contributed by atoms with Crippen LogP contribution in [0.1, 0.15) is 44.2 Å². The Balaban J connectivity index is 2.56. The summed E-state index contributed by atoms with van der Waals surface area (Å²) in [4.78, 5) is 0. The third kappa shape index (κ3) is 3.86. The summed E-state index contributed by atoms with van der Waals surface area (Å²) >= 11 is 0. The number of ether oxygens (including phenoxy) is 1. The Labute approximate surface area is 99.0 Å². The third-order valence-electron chi connectivity index (χ3n) is 2.96. The van der Waals surface area contributed by atoms with E-state index < -0.39 is 0 Å². The molecular weight excluding hydrogens is 198 g/mol. The van der Waals surface area contributed by atoms with E-state index in [4.69, 9.17) is 4.74 Å². The van der Waals surface area contributed by atoms with Crippen molar-refractivity contribution in [3.05, 3.63) is 29.8 Å². The lowest BCUT2D eigenvalue weighted by molar-refractivity contribution is 0.414. The molecule has 0 aliphatic heterocycles. The van der Waals surface area contributed by atoms with Gasteiger partial charge in [0.15, 0.2) is 0 Å². The molecule has 0 saturated carbocycles. The Morgan fingerprint density at radius 1 is 1.19 bits per heavy atom. The summed E-state index contributed by atoms with van der Waals surface area (Å²) in [5.74, 6) is 0.923. The van der Waals surface area contributed by atoms with Gasteiger partial charge in [-0.1, -0.05) is 38.3 Å². The van der Waals surface area contributed by atoms with Crippen LogP contribution in [0, 0.1) is 0 Å². The fraction of sp³-hybridized carbons (Fsp3) is 0.571. The minimum atomic E-state index is 0.470. The molecule has 1 rings (SSSR count). The molecule has 0 amide bonds. The molecule has 1 aromatic rings. The molecule has 1 aromatic carbocycles. The first kappa shape index (κ1) is 13.0. The lowest BCUT2D eigenvalue weighted by atomic mass is 10.0. The van der Waals surface area contributed by atoms with E-state index in [2.05, 4.69) is 24.4 Å². The van der Waals surface area contributed by atoms with Crippen LogP contribution in [0.15, 0.2) is 24.3 Å². The Bertz CT molecular complexity index is 281. The topological polar surface area (TPSA) is 21.3 Å². The fourth-order valence-electron chi connectivity index (χ4n) is 1.91. The number of rotatable bonds is 7. The maximum atomic E-state index is 5.16. The van der Waals surface area contributed by atoms with Crippen molar-refractivity contribution in [3.8, 4) is 5.75 Å². The number of benzene rings is 1. The highest BCUT2D eigenvalue weighted by molar-refractivity contribution is 5.29. The van der Waals surface area contributed by atoms with Gasteiger partial charge in [-0.15, -0.1) is 0 Å². The van der Waals surface area contributed by atoms with Gasteiger partial charge in [-0.05, 0) is 31.2 Å². The van der Waals surface area contributed by atoms with Gasteiger partial charge in [0.25, 0.3) is 0 Å². The Morgan fingerprint density at radius 2 is 1.88 bits per heavy atom. The molecule has 0 aliphatic rings. The monoisotopic (exact) mass is 221 g/mol. The summed E-state index contributed by atoms with van der Waals surface area (Å²) in [5.41, 5.74) is 1.35. The molecule has 1 atom stereocenters. The second kappa shape index (κ2) is 7.29. The van der Waals surface area contributed by atoms with Gasteiger partial charge < -0.3 is 10.1 Å². The molecule has 0 bridgehead atoms. The summed E-state index contributed by atoms with van der Waals surface area (Å²) in [7, 11) is 3.73. The Hall–Kier alpha value is -1.02. The van der Waals surface area contributed by atoms with Crippen LogP contribution in [-0.2, 0) is 0 Å². The molecule has 0 saturated heterocycles. The first-order valence-electron chi connectivity index (χ1n) is 6.13. The molecule has 16 heavy (non-hydrogen) atoms. The van der Waals surface area contributed by atoms with Gasteiger partial charge in [0.1, 0.15) is 5.75 Å². The Morgan fingerprint density at radius 3 is 2.38 bits per heavy atom. The van der Waals surface area contributed by atoms with Gasteiger partial charge in [-0.2, -0.15) is 0 Å². The van der Waals surface area contributed by atoms with Gasteiger partial charge >= 0.3 is 0 Å². The molecule has 2 heteroatoms. The number of unbranched alkanes of at least 4 members (excludes halogenated alkanes) is 2. The number of hydrogen-bond acceptors (Lipinski definition) is 2. The van der Waals surface area contributed by atoms with Crippen molar-refractivity contribution in [1.29, 1.82) is 0 Å². The summed E-state index contributed by atoms with van der Waals surface area (Å²) in [5, 5.41) is 3.37. The van der Waals surface area contributed by atoms with Crippen molar-refractivity contribution in [2.45, 2.75) is 38.6 Å². The second-order valence-electron chi connectivity index (χ2n) is 4.11. The smallest absolute Gasteiger partial charge is 0.118 e. The van der Waals surface area contributed by atoms with E-state index in [9.17, 15) is 0 Å². The SMILES string of the molecule is CCCCCC(NC)c1ccc(OC)cc1. The molecule has 1 unspecified atom stereocenters. The van der Waals surface area contributed by atoms with E-state index in [1.807, 2.05) is 19.2 Å².